The summed E-state index contributed by atoms with van der Waals surface area (Å²) < 4.78 is 12.1. The molecular formula is C16H24O2S. The molecule has 0 bridgehead atoms. The van der Waals surface area contributed by atoms with Crippen molar-refractivity contribution in [2.24, 2.45) is 5.92 Å². The largest absolute Gasteiger partial charge is 0.396 e. The molecule has 2 atom stereocenters. The van der Waals surface area contributed by atoms with E-state index >= 15 is 0 Å². The van der Waals surface area contributed by atoms with Crippen molar-refractivity contribution in [2.75, 3.05) is 12.4 Å². The van der Waals surface area contributed by atoms with Crippen molar-refractivity contribution in [3.63, 3.8) is 0 Å². The zero-order valence-electron chi connectivity index (χ0n) is 11.8. The van der Waals surface area contributed by atoms with Crippen LogP contribution in [0.25, 0.3) is 0 Å². The lowest BCUT2D eigenvalue weighted by Crippen LogP contribution is -2.00. The van der Waals surface area contributed by atoms with Crippen LogP contribution in [0.1, 0.15) is 33.1 Å². The summed E-state index contributed by atoms with van der Waals surface area (Å²) in [6, 6.07) is 9.59. The Morgan fingerprint density at radius 1 is 1.32 bits per heavy atom. The van der Waals surface area contributed by atoms with E-state index in [2.05, 4.69) is 13.0 Å². The van der Waals surface area contributed by atoms with E-state index in [1.807, 2.05) is 37.3 Å². The highest BCUT2D eigenvalue weighted by molar-refractivity contribution is 7.85. The van der Waals surface area contributed by atoms with Crippen LogP contribution in [0.15, 0.2) is 46.9 Å². The van der Waals surface area contributed by atoms with E-state index in [4.69, 9.17) is 5.11 Å². The Morgan fingerprint density at radius 3 is 2.63 bits per heavy atom. The van der Waals surface area contributed by atoms with Gasteiger partial charge in [-0.2, -0.15) is 0 Å². The van der Waals surface area contributed by atoms with E-state index in [0.717, 1.165) is 24.2 Å². The summed E-state index contributed by atoms with van der Waals surface area (Å²) in [5, 5.41) is 8.83. The topological polar surface area (TPSA) is 37.3 Å². The summed E-state index contributed by atoms with van der Waals surface area (Å²) in [5.41, 5.74) is 1.18. The maximum Gasteiger partial charge on any atom is 0.0570 e. The maximum absolute atomic E-state index is 12.1. The lowest BCUT2D eigenvalue weighted by atomic mass is 10.0. The normalized spacial score (nSPS) is 15.2. The fourth-order valence-electron chi connectivity index (χ4n) is 1.90. The van der Waals surface area contributed by atoms with Gasteiger partial charge in [0.1, 0.15) is 0 Å². The third-order valence-corrected chi connectivity index (χ3v) is 4.65. The summed E-state index contributed by atoms with van der Waals surface area (Å²) in [5.74, 6) is 1.16. The molecular weight excluding hydrogens is 256 g/mol. The van der Waals surface area contributed by atoms with Crippen molar-refractivity contribution >= 4 is 10.8 Å². The van der Waals surface area contributed by atoms with Crippen LogP contribution < -0.4 is 0 Å². The molecule has 0 heterocycles. The molecule has 19 heavy (non-hydrogen) atoms. The molecule has 1 rings (SSSR count). The minimum Gasteiger partial charge on any atom is -0.396 e. The van der Waals surface area contributed by atoms with Crippen molar-refractivity contribution in [3.05, 3.63) is 42.0 Å². The number of aliphatic hydroxyl groups excluding tert-OH is 1. The molecule has 0 fully saturated rings. The zero-order valence-corrected chi connectivity index (χ0v) is 12.7. The van der Waals surface area contributed by atoms with E-state index in [1.54, 1.807) is 0 Å². The number of rotatable bonds is 8. The number of hydrogen-bond acceptors (Lipinski definition) is 2. The van der Waals surface area contributed by atoms with Gasteiger partial charge in [0.25, 0.3) is 0 Å². The number of allylic oxidation sites excluding steroid dienone is 1. The van der Waals surface area contributed by atoms with Crippen LogP contribution in [0.4, 0.5) is 0 Å². The third-order valence-electron chi connectivity index (χ3n) is 3.14. The fraction of sp³-hybridized carbons (Fsp3) is 0.500. The molecule has 3 heteroatoms. The lowest BCUT2D eigenvalue weighted by Gasteiger charge is -2.07. The Hall–Kier alpha value is -0.930. The first-order valence-electron chi connectivity index (χ1n) is 6.83. The van der Waals surface area contributed by atoms with Crippen LogP contribution in [0.3, 0.4) is 0 Å². The first kappa shape index (κ1) is 16.1. The number of benzene rings is 1. The molecule has 0 aliphatic heterocycles. The van der Waals surface area contributed by atoms with Crippen molar-refractivity contribution < 1.29 is 9.32 Å². The zero-order chi connectivity index (χ0) is 14.1. The van der Waals surface area contributed by atoms with Crippen LogP contribution in [0, 0.1) is 5.92 Å². The highest BCUT2D eigenvalue weighted by Gasteiger charge is 2.04. The second-order valence-corrected chi connectivity index (χ2v) is 6.50. The van der Waals surface area contributed by atoms with Crippen molar-refractivity contribution in [3.8, 4) is 0 Å². The van der Waals surface area contributed by atoms with Crippen LogP contribution in [0.5, 0.6) is 0 Å². The molecule has 0 radical (unpaired) electrons. The van der Waals surface area contributed by atoms with Crippen LogP contribution in [0.2, 0.25) is 0 Å². The molecule has 0 saturated carbocycles. The molecule has 0 aliphatic rings. The minimum atomic E-state index is -0.939. The highest BCUT2D eigenvalue weighted by atomic mass is 32.2. The second kappa shape index (κ2) is 9.05. The van der Waals surface area contributed by atoms with Crippen LogP contribution in [-0.4, -0.2) is 21.7 Å². The predicted molar refractivity (Wildman–Crippen MR) is 81.6 cm³/mol. The van der Waals surface area contributed by atoms with Gasteiger partial charge in [-0.1, -0.05) is 36.8 Å². The summed E-state index contributed by atoms with van der Waals surface area (Å²) >= 11 is 0. The first-order chi connectivity index (χ1) is 9.13. The quantitative estimate of drug-likeness (QED) is 0.740. The Balaban J connectivity index is 2.38. The highest BCUT2D eigenvalue weighted by Crippen LogP contribution is 2.13. The van der Waals surface area contributed by atoms with Crippen molar-refractivity contribution in [1.82, 2.24) is 0 Å². The van der Waals surface area contributed by atoms with E-state index in [9.17, 15) is 4.21 Å². The van der Waals surface area contributed by atoms with Gasteiger partial charge in [0.2, 0.25) is 0 Å². The fourth-order valence-corrected chi connectivity index (χ4v) is 3.06. The van der Waals surface area contributed by atoms with Gasteiger partial charge in [0, 0.05) is 17.3 Å². The van der Waals surface area contributed by atoms with Gasteiger partial charge in [-0.05, 0) is 44.2 Å². The number of aliphatic hydroxyl groups is 1. The Bertz CT molecular complexity index is 412. The van der Waals surface area contributed by atoms with Crippen LogP contribution >= 0.6 is 0 Å². The van der Waals surface area contributed by atoms with Gasteiger partial charge in [-0.15, -0.1) is 0 Å². The first-order valence-corrected chi connectivity index (χ1v) is 8.15. The van der Waals surface area contributed by atoms with Gasteiger partial charge in [-0.3, -0.25) is 4.21 Å². The molecule has 0 aromatic heterocycles. The summed E-state index contributed by atoms with van der Waals surface area (Å²) in [4.78, 5) is 0.892. The predicted octanol–water partition coefficient (Wildman–Crippen LogP) is 3.54. The van der Waals surface area contributed by atoms with E-state index in [-0.39, 0.29) is 6.61 Å². The standard InChI is InChI=1S/C16H24O2S/c1-14(11-12-17)7-6-8-15(2)13-19(18)16-9-4-3-5-10-16/h3-5,8-10,14,17H,6-7,11-13H2,1-2H3. The minimum absolute atomic E-state index is 0.266. The second-order valence-electron chi connectivity index (χ2n) is 5.05. The lowest BCUT2D eigenvalue weighted by molar-refractivity contribution is 0.259. The molecule has 1 aromatic carbocycles. The molecule has 2 nitrogen and oxygen atoms in total. The van der Waals surface area contributed by atoms with Crippen molar-refractivity contribution in [1.29, 1.82) is 0 Å². The summed E-state index contributed by atoms with van der Waals surface area (Å²) in [6.45, 7) is 4.46. The molecule has 0 aliphatic carbocycles. The molecule has 0 saturated heterocycles. The van der Waals surface area contributed by atoms with Gasteiger partial charge >= 0.3 is 0 Å². The third kappa shape index (κ3) is 6.69. The molecule has 0 amide bonds. The molecule has 2 unspecified atom stereocenters. The van der Waals surface area contributed by atoms with E-state index in [0.29, 0.717) is 11.7 Å². The average molecular weight is 280 g/mol. The maximum atomic E-state index is 12.1. The van der Waals surface area contributed by atoms with Gasteiger partial charge in [-0.25, -0.2) is 0 Å². The monoisotopic (exact) mass is 280 g/mol. The molecule has 1 N–H and O–H groups in total. The Morgan fingerprint density at radius 2 is 2.00 bits per heavy atom. The van der Waals surface area contributed by atoms with E-state index in [1.165, 1.54) is 5.57 Å². The van der Waals surface area contributed by atoms with Gasteiger partial charge in [0.05, 0.1) is 10.8 Å². The Kier molecular flexibility index (Phi) is 7.68. The van der Waals surface area contributed by atoms with Gasteiger partial charge < -0.3 is 5.11 Å². The summed E-state index contributed by atoms with van der Waals surface area (Å²) in [6.07, 6.45) is 5.12. The molecule has 0 spiro atoms. The van der Waals surface area contributed by atoms with Crippen molar-refractivity contribution in [2.45, 2.75) is 38.0 Å². The van der Waals surface area contributed by atoms with Crippen LogP contribution in [-0.2, 0) is 10.8 Å². The summed E-state index contributed by atoms with van der Waals surface area (Å²) in [7, 11) is -0.939. The number of hydrogen-bond donors (Lipinski definition) is 1. The molecule has 106 valence electrons. The molecule has 1 aromatic rings. The smallest absolute Gasteiger partial charge is 0.0570 e. The van der Waals surface area contributed by atoms with E-state index < -0.39 is 10.8 Å². The SMILES string of the molecule is CC(=CCCC(C)CCO)CS(=O)c1ccccc1. The average Bonchev–Trinajstić information content (AvgIpc) is 2.40. The Labute approximate surface area is 119 Å². The van der Waals surface area contributed by atoms with Gasteiger partial charge in [0.15, 0.2) is 0 Å².